The van der Waals surface area contributed by atoms with E-state index in [1.807, 2.05) is 13.8 Å². The maximum absolute atomic E-state index is 15.0. The molecule has 40 heavy (non-hydrogen) atoms. The summed E-state index contributed by atoms with van der Waals surface area (Å²) in [6, 6.07) is 18.9. The number of halogens is 1. The first-order chi connectivity index (χ1) is 19.1. The van der Waals surface area contributed by atoms with Gasteiger partial charge in [0.05, 0.1) is 17.7 Å². The number of hydrogen-bond acceptors (Lipinski definition) is 5. The number of amides is 2. The third-order valence-corrected chi connectivity index (χ3v) is 8.40. The molecule has 0 fully saturated rings. The molecular weight excluding hydrogens is 533 g/mol. The first kappa shape index (κ1) is 30.6. The zero-order valence-corrected chi connectivity index (χ0v) is 24.0. The first-order valence-corrected chi connectivity index (χ1v) is 14.6. The van der Waals surface area contributed by atoms with Crippen molar-refractivity contribution in [1.82, 2.24) is 10.2 Å². The van der Waals surface area contributed by atoms with Gasteiger partial charge >= 0.3 is 0 Å². The lowest BCUT2D eigenvalue weighted by atomic mass is 10.1. The second-order valence-electron chi connectivity index (χ2n) is 9.39. The van der Waals surface area contributed by atoms with Gasteiger partial charge in [0.25, 0.3) is 10.0 Å². The third-order valence-electron chi connectivity index (χ3n) is 6.63. The standard InChI is InChI=1S/C30H36FN3O5S/c1-5-22(3)32-30(36)27(6-2)33(20-23-16-18-24(39-4)19-17-23)29(35)21-34(28-15-11-10-14-26(28)31)40(37,38)25-12-8-7-9-13-25/h7-19,22,27H,5-6,20-21H2,1-4H3,(H,32,36). The van der Waals surface area contributed by atoms with E-state index in [2.05, 4.69) is 5.32 Å². The molecule has 0 bridgehead atoms. The summed E-state index contributed by atoms with van der Waals surface area (Å²) in [7, 11) is -2.79. The minimum atomic E-state index is -4.33. The zero-order chi connectivity index (χ0) is 29.3. The number of hydrogen-bond donors (Lipinski definition) is 1. The van der Waals surface area contributed by atoms with E-state index in [4.69, 9.17) is 4.74 Å². The number of benzene rings is 3. The molecule has 0 aliphatic rings. The van der Waals surface area contributed by atoms with Crippen molar-refractivity contribution in [2.75, 3.05) is 18.0 Å². The number of rotatable bonds is 13. The van der Waals surface area contributed by atoms with Crippen LogP contribution >= 0.6 is 0 Å². The van der Waals surface area contributed by atoms with Gasteiger partial charge in [0.1, 0.15) is 24.2 Å². The van der Waals surface area contributed by atoms with Crippen molar-refractivity contribution in [3.05, 3.63) is 90.2 Å². The molecule has 0 aliphatic carbocycles. The second-order valence-corrected chi connectivity index (χ2v) is 11.3. The first-order valence-electron chi connectivity index (χ1n) is 13.2. The average Bonchev–Trinajstić information content (AvgIpc) is 2.96. The summed E-state index contributed by atoms with van der Waals surface area (Å²) in [5.41, 5.74) is 0.452. The summed E-state index contributed by atoms with van der Waals surface area (Å²) >= 11 is 0. The largest absolute Gasteiger partial charge is 0.497 e. The number of methoxy groups -OCH3 is 1. The van der Waals surface area contributed by atoms with Crippen molar-refractivity contribution >= 4 is 27.5 Å². The Hall–Kier alpha value is -3.92. The molecule has 0 radical (unpaired) electrons. The van der Waals surface area contributed by atoms with Crippen LogP contribution in [0.3, 0.4) is 0 Å². The molecule has 0 saturated carbocycles. The Balaban J connectivity index is 2.05. The van der Waals surface area contributed by atoms with Crippen LogP contribution in [0.4, 0.5) is 10.1 Å². The van der Waals surface area contributed by atoms with Gasteiger partial charge in [-0.2, -0.15) is 0 Å². The minimum Gasteiger partial charge on any atom is -0.497 e. The number of sulfonamides is 1. The fourth-order valence-electron chi connectivity index (χ4n) is 4.18. The molecule has 3 aromatic rings. The molecule has 0 heterocycles. The van der Waals surface area contributed by atoms with Crippen LogP contribution in [0.5, 0.6) is 5.75 Å². The Morgan fingerprint density at radius 1 is 0.925 bits per heavy atom. The van der Waals surface area contributed by atoms with Gasteiger partial charge in [-0.3, -0.25) is 13.9 Å². The van der Waals surface area contributed by atoms with Crippen LogP contribution in [-0.4, -0.2) is 50.9 Å². The lowest BCUT2D eigenvalue weighted by molar-refractivity contribution is -0.140. The average molecular weight is 570 g/mol. The van der Waals surface area contributed by atoms with Crippen LogP contribution in [-0.2, 0) is 26.2 Å². The maximum atomic E-state index is 15.0. The quantitative estimate of drug-likeness (QED) is 0.321. The van der Waals surface area contributed by atoms with E-state index in [9.17, 15) is 22.4 Å². The highest BCUT2D eigenvalue weighted by molar-refractivity contribution is 7.92. The van der Waals surface area contributed by atoms with E-state index in [0.29, 0.717) is 17.7 Å². The van der Waals surface area contributed by atoms with Crippen LogP contribution in [0, 0.1) is 5.82 Å². The number of carbonyl (C=O) groups excluding carboxylic acids is 2. The Morgan fingerprint density at radius 2 is 1.55 bits per heavy atom. The van der Waals surface area contributed by atoms with Crippen molar-refractivity contribution in [2.24, 2.45) is 0 Å². The van der Waals surface area contributed by atoms with E-state index in [1.165, 1.54) is 35.2 Å². The molecule has 2 unspecified atom stereocenters. The van der Waals surface area contributed by atoms with Gasteiger partial charge in [-0.25, -0.2) is 12.8 Å². The number of para-hydroxylation sites is 1. The Bertz CT molecular complexity index is 1380. The van der Waals surface area contributed by atoms with Crippen molar-refractivity contribution < 1.29 is 27.1 Å². The van der Waals surface area contributed by atoms with E-state index in [-0.39, 0.29) is 35.5 Å². The molecule has 2 amide bonds. The Kier molecular flexibility index (Phi) is 10.7. The van der Waals surface area contributed by atoms with Gasteiger partial charge in [0.2, 0.25) is 11.8 Å². The molecule has 0 saturated heterocycles. The SMILES string of the molecule is CCC(C)NC(=O)C(CC)N(Cc1ccc(OC)cc1)C(=O)CN(c1ccccc1F)S(=O)(=O)c1ccccc1. The zero-order valence-electron chi connectivity index (χ0n) is 23.2. The monoisotopic (exact) mass is 569 g/mol. The van der Waals surface area contributed by atoms with Crippen molar-refractivity contribution in [1.29, 1.82) is 0 Å². The second kappa shape index (κ2) is 13.9. The van der Waals surface area contributed by atoms with Crippen LogP contribution in [0.15, 0.2) is 83.8 Å². The lowest BCUT2D eigenvalue weighted by Gasteiger charge is -2.33. The van der Waals surface area contributed by atoms with Crippen molar-refractivity contribution in [3.8, 4) is 5.75 Å². The predicted octanol–water partition coefficient (Wildman–Crippen LogP) is 4.75. The third kappa shape index (κ3) is 7.38. The normalized spacial score (nSPS) is 12.7. The highest BCUT2D eigenvalue weighted by Gasteiger charge is 2.34. The van der Waals surface area contributed by atoms with E-state index < -0.39 is 34.3 Å². The molecule has 8 nitrogen and oxygen atoms in total. The van der Waals surface area contributed by atoms with Crippen LogP contribution in [0.25, 0.3) is 0 Å². The van der Waals surface area contributed by atoms with Gasteiger partial charge in [-0.15, -0.1) is 0 Å². The molecule has 214 valence electrons. The van der Waals surface area contributed by atoms with Gasteiger partial charge in [0, 0.05) is 12.6 Å². The van der Waals surface area contributed by atoms with E-state index >= 15 is 0 Å². The number of nitrogens with one attached hydrogen (secondary N) is 1. The topological polar surface area (TPSA) is 96.0 Å². The Labute approximate surface area is 235 Å². The molecule has 10 heteroatoms. The van der Waals surface area contributed by atoms with Crippen LogP contribution in [0.2, 0.25) is 0 Å². The van der Waals surface area contributed by atoms with Crippen LogP contribution in [0.1, 0.15) is 39.2 Å². The predicted molar refractivity (Wildman–Crippen MR) is 153 cm³/mol. The van der Waals surface area contributed by atoms with Gasteiger partial charge in [0.15, 0.2) is 0 Å². The lowest BCUT2D eigenvalue weighted by Crippen LogP contribution is -2.53. The van der Waals surface area contributed by atoms with Crippen molar-refractivity contribution in [2.45, 2.75) is 57.1 Å². The van der Waals surface area contributed by atoms with Gasteiger partial charge in [-0.1, -0.05) is 56.3 Å². The van der Waals surface area contributed by atoms with Gasteiger partial charge < -0.3 is 15.0 Å². The molecule has 0 spiro atoms. The Morgan fingerprint density at radius 3 is 2.12 bits per heavy atom. The number of carbonyl (C=O) groups is 2. The van der Waals surface area contributed by atoms with Gasteiger partial charge in [-0.05, 0) is 61.7 Å². The fraction of sp³-hybridized carbons (Fsp3) is 0.333. The minimum absolute atomic E-state index is 0.0335. The summed E-state index contributed by atoms with van der Waals surface area (Å²) in [6.45, 7) is 4.91. The summed E-state index contributed by atoms with van der Waals surface area (Å²) in [5.74, 6) is -1.16. The molecule has 3 rings (SSSR count). The van der Waals surface area contributed by atoms with Crippen molar-refractivity contribution in [3.63, 3.8) is 0 Å². The highest BCUT2D eigenvalue weighted by Crippen LogP contribution is 2.27. The van der Waals surface area contributed by atoms with E-state index in [0.717, 1.165) is 10.4 Å². The summed E-state index contributed by atoms with van der Waals surface area (Å²) < 4.78 is 48.4. The number of ether oxygens (including phenoxy) is 1. The summed E-state index contributed by atoms with van der Waals surface area (Å²) in [6.07, 6.45) is 0.986. The van der Waals surface area contributed by atoms with Crippen LogP contribution < -0.4 is 14.4 Å². The number of nitrogens with zero attached hydrogens (tertiary/aromatic N) is 2. The number of anilines is 1. The molecule has 0 aromatic heterocycles. The maximum Gasteiger partial charge on any atom is 0.264 e. The molecule has 0 aliphatic heterocycles. The molecular formula is C30H36FN3O5S. The molecule has 2 atom stereocenters. The molecule has 1 N–H and O–H groups in total. The fourth-order valence-corrected chi connectivity index (χ4v) is 5.62. The smallest absolute Gasteiger partial charge is 0.264 e. The van der Waals surface area contributed by atoms with E-state index in [1.54, 1.807) is 56.5 Å². The summed E-state index contributed by atoms with van der Waals surface area (Å²) in [5, 5.41) is 2.93. The molecule has 3 aromatic carbocycles. The summed E-state index contributed by atoms with van der Waals surface area (Å²) in [4.78, 5) is 28.6. The highest BCUT2D eigenvalue weighted by atomic mass is 32.2.